The fraction of sp³-hybridized carbons (Fsp3) is 0.421. The summed E-state index contributed by atoms with van der Waals surface area (Å²) in [4.78, 5) is 35.3. The second kappa shape index (κ2) is 7.19. The van der Waals surface area contributed by atoms with Crippen molar-refractivity contribution in [3.05, 3.63) is 29.5 Å². The third-order valence-corrected chi connectivity index (χ3v) is 4.51. The Hall–Kier alpha value is -2.83. The molecule has 7 nitrogen and oxygen atoms in total. The molecule has 0 bridgehead atoms. The number of esters is 3. The van der Waals surface area contributed by atoms with Crippen molar-refractivity contribution in [2.75, 3.05) is 14.2 Å². The van der Waals surface area contributed by atoms with Gasteiger partial charge in [-0.3, -0.25) is 9.59 Å². The normalized spacial score (nSPS) is 13.5. The smallest absolute Gasteiger partial charge is 0.340 e. The predicted octanol–water partition coefficient (Wildman–Crippen LogP) is 2.93. The van der Waals surface area contributed by atoms with Gasteiger partial charge in [-0.1, -0.05) is 0 Å². The van der Waals surface area contributed by atoms with E-state index < -0.39 is 17.9 Å². The summed E-state index contributed by atoms with van der Waals surface area (Å²) in [5.74, 6) is -1.10. The lowest BCUT2D eigenvalue weighted by atomic mass is 10.1. The van der Waals surface area contributed by atoms with Crippen molar-refractivity contribution in [2.24, 2.45) is 0 Å². The van der Waals surface area contributed by atoms with Crippen LogP contribution in [0.4, 0.5) is 0 Å². The van der Waals surface area contributed by atoms with E-state index in [1.54, 1.807) is 12.1 Å². The largest absolute Gasteiger partial charge is 0.469 e. The van der Waals surface area contributed by atoms with Gasteiger partial charge >= 0.3 is 17.9 Å². The molecule has 1 heterocycles. The average Bonchev–Trinajstić information content (AvgIpc) is 3.42. The summed E-state index contributed by atoms with van der Waals surface area (Å²) in [6.07, 6.45) is 2.05. The maximum Gasteiger partial charge on any atom is 0.340 e. The summed E-state index contributed by atoms with van der Waals surface area (Å²) in [6, 6.07) is 5.60. The van der Waals surface area contributed by atoms with E-state index in [-0.39, 0.29) is 12.8 Å². The quantitative estimate of drug-likeness (QED) is 0.582. The predicted molar refractivity (Wildman–Crippen MR) is 93.2 cm³/mol. The summed E-state index contributed by atoms with van der Waals surface area (Å²) in [7, 11) is 2.61. The van der Waals surface area contributed by atoms with E-state index in [1.807, 2.05) is 13.0 Å². The molecule has 0 saturated heterocycles. The molecule has 26 heavy (non-hydrogen) atoms. The van der Waals surface area contributed by atoms with Crippen molar-refractivity contribution in [3.8, 4) is 5.75 Å². The molecule has 0 unspecified atom stereocenters. The Morgan fingerprint density at radius 2 is 1.77 bits per heavy atom. The van der Waals surface area contributed by atoms with E-state index in [0.29, 0.717) is 22.7 Å². The molecule has 3 rings (SSSR count). The van der Waals surface area contributed by atoms with Crippen LogP contribution >= 0.6 is 0 Å². The van der Waals surface area contributed by atoms with Gasteiger partial charge in [0.2, 0.25) is 0 Å². The highest BCUT2D eigenvalue weighted by Crippen LogP contribution is 2.42. The minimum Gasteiger partial charge on any atom is -0.469 e. The molecule has 0 amide bonds. The van der Waals surface area contributed by atoms with E-state index in [4.69, 9.17) is 9.47 Å². The molecule has 1 fully saturated rings. The number of benzene rings is 1. The van der Waals surface area contributed by atoms with E-state index in [9.17, 15) is 14.4 Å². The number of ether oxygens (including phenoxy) is 3. The molecule has 7 heteroatoms. The van der Waals surface area contributed by atoms with Crippen molar-refractivity contribution < 1.29 is 28.6 Å². The zero-order valence-electron chi connectivity index (χ0n) is 15.0. The van der Waals surface area contributed by atoms with Crippen LogP contribution in [0.3, 0.4) is 0 Å². The molecule has 1 aromatic carbocycles. The molecule has 0 spiro atoms. The molecule has 1 saturated carbocycles. The number of hydrogen-bond donors (Lipinski definition) is 0. The van der Waals surface area contributed by atoms with E-state index >= 15 is 0 Å². The molecular weight excluding hydrogens is 338 g/mol. The average molecular weight is 359 g/mol. The molecular formula is C19H21NO6. The first-order valence-corrected chi connectivity index (χ1v) is 8.46. The second-order valence-electron chi connectivity index (χ2n) is 6.28. The first-order chi connectivity index (χ1) is 12.5. The summed E-state index contributed by atoms with van der Waals surface area (Å²) in [6.45, 7) is 1.90. The molecule has 138 valence electrons. The molecule has 1 aliphatic carbocycles. The van der Waals surface area contributed by atoms with Crippen molar-refractivity contribution in [1.29, 1.82) is 0 Å². The van der Waals surface area contributed by atoms with Crippen molar-refractivity contribution in [2.45, 2.75) is 38.6 Å². The first-order valence-electron chi connectivity index (χ1n) is 8.46. The maximum absolute atomic E-state index is 12.3. The van der Waals surface area contributed by atoms with Gasteiger partial charge in [0, 0.05) is 22.6 Å². The summed E-state index contributed by atoms with van der Waals surface area (Å²) >= 11 is 0. The Morgan fingerprint density at radius 3 is 2.38 bits per heavy atom. The molecule has 0 aliphatic heterocycles. The van der Waals surface area contributed by atoms with Gasteiger partial charge in [0.25, 0.3) is 0 Å². The van der Waals surface area contributed by atoms with E-state index in [0.717, 1.165) is 24.1 Å². The Kier molecular flexibility index (Phi) is 4.97. The number of carbonyl (C=O) groups is 3. The van der Waals surface area contributed by atoms with Gasteiger partial charge in [0.05, 0.1) is 32.6 Å². The van der Waals surface area contributed by atoms with Crippen molar-refractivity contribution in [1.82, 2.24) is 4.57 Å². The minimum atomic E-state index is -0.535. The van der Waals surface area contributed by atoms with E-state index in [2.05, 4.69) is 9.30 Å². The van der Waals surface area contributed by atoms with Gasteiger partial charge < -0.3 is 18.8 Å². The minimum absolute atomic E-state index is 0.0395. The summed E-state index contributed by atoms with van der Waals surface area (Å²) in [5, 5.41) is 0.694. The van der Waals surface area contributed by atoms with Crippen LogP contribution in [0.2, 0.25) is 0 Å². The van der Waals surface area contributed by atoms with Crippen LogP contribution in [-0.4, -0.2) is 36.7 Å². The first kappa shape index (κ1) is 18.0. The SMILES string of the molecule is COC(=O)CCC(=O)Oc1ccc2c(c1)c(C(=O)OC)c(C)n2C1CC1. The third kappa shape index (κ3) is 3.42. The number of fused-ring (bicyclic) bond motifs is 1. The van der Waals surface area contributed by atoms with Gasteiger partial charge in [-0.15, -0.1) is 0 Å². The van der Waals surface area contributed by atoms with Crippen LogP contribution in [0.5, 0.6) is 5.75 Å². The monoisotopic (exact) mass is 359 g/mol. The maximum atomic E-state index is 12.3. The van der Waals surface area contributed by atoms with Crippen molar-refractivity contribution >= 4 is 28.8 Å². The van der Waals surface area contributed by atoms with Gasteiger partial charge in [-0.25, -0.2) is 4.79 Å². The van der Waals surface area contributed by atoms with Gasteiger partial charge in [0.1, 0.15) is 5.75 Å². The van der Waals surface area contributed by atoms with Gasteiger partial charge in [0.15, 0.2) is 0 Å². The van der Waals surface area contributed by atoms with Crippen LogP contribution in [0, 0.1) is 6.92 Å². The van der Waals surface area contributed by atoms with Gasteiger partial charge in [-0.2, -0.15) is 0 Å². The summed E-state index contributed by atoms with van der Waals surface area (Å²) < 4.78 is 16.9. The summed E-state index contributed by atoms with van der Waals surface area (Å²) in [5.41, 5.74) is 2.25. The molecule has 0 radical (unpaired) electrons. The van der Waals surface area contributed by atoms with Crippen LogP contribution in [-0.2, 0) is 19.1 Å². The number of carbonyl (C=O) groups excluding carboxylic acids is 3. The lowest BCUT2D eigenvalue weighted by Gasteiger charge is -2.07. The highest BCUT2D eigenvalue weighted by atomic mass is 16.5. The Bertz CT molecular complexity index is 878. The van der Waals surface area contributed by atoms with Crippen molar-refractivity contribution in [3.63, 3.8) is 0 Å². The van der Waals surface area contributed by atoms with Crippen LogP contribution < -0.4 is 4.74 Å². The Morgan fingerprint density at radius 1 is 1.08 bits per heavy atom. The lowest BCUT2D eigenvalue weighted by molar-refractivity contribution is -0.144. The zero-order valence-corrected chi connectivity index (χ0v) is 15.0. The second-order valence-corrected chi connectivity index (χ2v) is 6.28. The molecule has 0 atom stereocenters. The van der Waals surface area contributed by atoms with Gasteiger partial charge in [-0.05, 0) is 38.0 Å². The molecule has 1 aromatic heterocycles. The number of methoxy groups -OCH3 is 2. The number of nitrogens with zero attached hydrogens (tertiary/aromatic N) is 1. The fourth-order valence-electron chi connectivity index (χ4n) is 3.14. The van der Waals surface area contributed by atoms with Crippen LogP contribution in [0.25, 0.3) is 10.9 Å². The fourth-order valence-corrected chi connectivity index (χ4v) is 3.14. The Labute approximate surface area is 150 Å². The number of hydrogen-bond acceptors (Lipinski definition) is 6. The highest BCUT2D eigenvalue weighted by molar-refractivity contribution is 6.06. The zero-order chi connectivity index (χ0) is 18.8. The molecule has 1 aliphatic rings. The highest BCUT2D eigenvalue weighted by Gasteiger charge is 2.30. The lowest BCUT2D eigenvalue weighted by Crippen LogP contribution is -2.11. The number of rotatable bonds is 6. The molecule has 2 aromatic rings. The topological polar surface area (TPSA) is 83.8 Å². The number of aromatic nitrogens is 1. The van der Waals surface area contributed by atoms with Crippen LogP contribution in [0.15, 0.2) is 18.2 Å². The van der Waals surface area contributed by atoms with E-state index in [1.165, 1.54) is 14.2 Å². The Balaban J connectivity index is 1.91. The van der Waals surface area contributed by atoms with Crippen LogP contribution in [0.1, 0.15) is 47.8 Å². The standard InChI is InChI=1S/C19H21NO6/c1-11-18(19(23)25-3)14-10-13(26-17(22)9-8-16(21)24-2)6-7-15(14)20(11)12-4-5-12/h6-7,10,12H,4-5,8-9H2,1-3H3. The third-order valence-electron chi connectivity index (χ3n) is 4.51. The molecule has 0 N–H and O–H groups in total.